The summed E-state index contributed by atoms with van der Waals surface area (Å²) in [6.45, 7) is 4.63. The van der Waals surface area contributed by atoms with Gasteiger partial charge in [0.05, 0.1) is 5.69 Å². The number of aromatic amines is 1. The summed E-state index contributed by atoms with van der Waals surface area (Å²) in [5, 5.41) is 9.83. The first-order chi connectivity index (χ1) is 14.5. The van der Waals surface area contributed by atoms with Crippen LogP contribution in [0.5, 0.6) is 0 Å². The van der Waals surface area contributed by atoms with E-state index in [4.69, 9.17) is 14.8 Å². The first kappa shape index (κ1) is 22.1. The van der Waals surface area contributed by atoms with Crippen molar-refractivity contribution in [2.45, 2.75) is 55.1 Å². The molecule has 0 spiro atoms. The number of benzene rings is 1. The number of carboxylic acid groups (broad SMARTS) is 1. The van der Waals surface area contributed by atoms with E-state index in [9.17, 15) is 4.79 Å². The molecule has 6 nitrogen and oxygen atoms in total. The topological polar surface area (TPSA) is 88.1 Å². The molecule has 3 aromatic rings. The Morgan fingerprint density at radius 3 is 2.67 bits per heavy atom. The third-order valence-electron chi connectivity index (χ3n) is 4.55. The van der Waals surface area contributed by atoms with Crippen LogP contribution in [-0.4, -0.2) is 32.6 Å². The van der Waals surface area contributed by atoms with E-state index in [2.05, 4.69) is 35.9 Å². The lowest BCUT2D eigenvalue weighted by Gasteiger charge is -2.16. The molecule has 0 saturated carbocycles. The Kier molecular flexibility index (Phi) is 8.04. The Hall–Kier alpha value is -2.64. The molecule has 0 saturated heterocycles. The molecule has 0 aliphatic rings. The summed E-state index contributed by atoms with van der Waals surface area (Å²) in [7, 11) is 0. The SMILES string of the molecule is CC(C)c1[nH]c(C(Cc2cccnc2)OCCCC(=O)O)nc1Sc1ccccc1. The number of imidazole rings is 1. The lowest BCUT2D eigenvalue weighted by Crippen LogP contribution is -2.12. The second-order valence-electron chi connectivity index (χ2n) is 7.33. The fraction of sp³-hybridized carbons (Fsp3) is 0.348. The Bertz CT molecular complexity index is 929. The number of pyridine rings is 1. The van der Waals surface area contributed by atoms with Crippen LogP contribution in [0.2, 0.25) is 0 Å². The summed E-state index contributed by atoms with van der Waals surface area (Å²) in [5.74, 6) is 0.226. The van der Waals surface area contributed by atoms with Crippen LogP contribution in [0.15, 0.2) is 64.8 Å². The standard InChI is InChI=1S/C23H27N3O3S/c1-16(2)21-23(30-18-9-4-3-5-10-18)26-22(25-21)19(29-13-7-11-20(27)28)14-17-8-6-12-24-15-17/h3-6,8-10,12,15-16,19H,7,11,13-14H2,1-2H3,(H,25,26)(H,27,28). The van der Waals surface area contributed by atoms with Gasteiger partial charge in [-0.2, -0.15) is 0 Å². The number of rotatable bonds is 11. The van der Waals surface area contributed by atoms with E-state index in [1.807, 2.05) is 36.5 Å². The van der Waals surface area contributed by atoms with Crippen molar-refractivity contribution in [3.05, 3.63) is 71.9 Å². The second-order valence-corrected chi connectivity index (χ2v) is 8.40. The second kappa shape index (κ2) is 10.9. The van der Waals surface area contributed by atoms with Gasteiger partial charge < -0.3 is 14.8 Å². The smallest absolute Gasteiger partial charge is 0.303 e. The lowest BCUT2D eigenvalue weighted by atomic mass is 10.1. The molecule has 1 atom stereocenters. The van der Waals surface area contributed by atoms with Crippen LogP contribution < -0.4 is 0 Å². The van der Waals surface area contributed by atoms with Crippen molar-refractivity contribution in [3.8, 4) is 0 Å². The molecule has 2 aromatic heterocycles. The van der Waals surface area contributed by atoms with Gasteiger partial charge in [0.2, 0.25) is 0 Å². The Morgan fingerprint density at radius 2 is 2.00 bits per heavy atom. The van der Waals surface area contributed by atoms with Crippen molar-refractivity contribution in [2.75, 3.05) is 6.61 Å². The number of hydrogen-bond acceptors (Lipinski definition) is 5. The zero-order chi connectivity index (χ0) is 21.3. The highest BCUT2D eigenvalue weighted by atomic mass is 32.2. The first-order valence-electron chi connectivity index (χ1n) is 10.1. The first-order valence-corrected chi connectivity index (χ1v) is 10.9. The van der Waals surface area contributed by atoms with Crippen molar-refractivity contribution < 1.29 is 14.6 Å². The van der Waals surface area contributed by atoms with Crippen LogP contribution in [0.4, 0.5) is 0 Å². The molecule has 30 heavy (non-hydrogen) atoms. The predicted octanol–water partition coefficient (Wildman–Crippen LogP) is 5.24. The van der Waals surface area contributed by atoms with Gasteiger partial charge >= 0.3 is 5.97 Å². The highest BCUT2D eigenvalue weighted by molar-refractivity contribution is 7.99. The minimum absolute atomic E-state index is 0.0874. The molecule has 0 bridgehead atoms. The van der Waals surface area contributed by atoms with Crippen LogP contribution >= 0.6 is 11.8 Å². The third kappa shape index (κ3) is 6.43. The quantitative estimate of drug-likeness (QED) is 0.408. The number of carbonyl (C=O) groups is 1. The van der Waals surface area contributed by atoms with Gasteiger partial charge in [-0.25, -0.2) is 4.98 Å². The zero-order valence-electron chi connectivity index (χ0n) is 17.2. The fourth-order valence-corrected chi connectivity index (χ4v) is 4.08. The Balaban J connectivity index is 1.83. The molecule has 1 aromatic carbocycles. The van der Waals surface area contributed by atoms with Crippen LogP contribution in [-0.2, 0) is 16.0 Å². The van der Waals surface area contributed by atoms with Gasteiger partial charge in [-0.1, -0.05) is 49.9 Å². The highest BCUT2D eigenvalue weighted by Crippen LogP contribution is 2.34. The predicted molar refractivity (Wildman–Crippen MR) is 117 cm³/mol. The van der Waals surface area contributed by atoms with Crippen molar-refractivity contribution in [1.29, 1.82) is 0 Å². The van der Waals surface area contributed by atoms with E-state index in [1.165, 1.54) is 0 Å². The number of nitrogens with one attached hydrogen (secondary N) is 1. The lowest BCUT2D eigenvalue weighted by molar-refractivity contribution is -0.137. The summed E-state index contributed by atoms with van der Waals surface area (Å²) in [4.78, 5) is 24.5. The molecule has 2 heterocycles. The molecule has 2 N–H and O–H groups in total. The molecule has 3 rings (SSSR count). The minimum atomic E-state index is -0.816. The number of aromatic nitrogens is 3. The van der Waals surface area contributed by atoms with E-state index in [0.717, 1.165) is 27.0 Å². The maximum atomic E-state index is 10.8. The van der Waals surface area contributed by atoms with Gasteiger partial charge in [-0.3, -0.25) is 9.78 Å². The zero-order valence-corrected chi connectivity index (χ0v) is 18.1. The van der Waals surface area contributed by atoms with E-state index in [0.29, 0.717) is 19.4 Å². The van der Waals surface area contributed by atoms with E-state index < -0.39 is 5.97 Å². The third-order valence-corrected chi connectivity index (χ3v) is 5.57. The van der Waals surface area contributed by atoms with Crippen LogP contribution in [0.1, 0.15) is 55.8 Å². The summed E-state index contributed by atoms with van der Waals surface area (Å²) < 4.78 is 6.09. The summed E-state index contributed by atoms with van der Waals surface area (Å²) in [6, 6.07) is 14.1. The molecule has 1 unspecified atom stereocenters. The summed E-state index contributed by atoms with van der Waals surface area (Å²) >= 11 is 1.63. The van der Waals surface area contributed by atoms with E-state index in [-0.39, 0.29) is 18.4 Å². The van der Waals surface area contributed by atoms with Gasteiger partial charge in [0, 0.05) is 36.7 Å². The Morgan fingerprint density at radius 1 is 1.20 bits per heavy atom. The monoisotopic (exact) mass is 425 g/mol. The van der Waals surface area contributed by atoms with Crippen LogP contribution in [0.25, 0.3) is 0 Å². The summed E-state index contributed by atoms with van der Waals surface area (Å²) in [6.07, 6.45) is 4.42. The number of H-pyrrole nitrogens is 1. The largest absolute Gasteiger partial charge is 0.481 e. The normalized spacial score (nSPS) is 12.2. The summed E-state index contributed by atoms with van der Waals surface area (Å²) in [5.41, 5.74) is 2.12. The molecular weight excluding hydrogens is 398 g/mol. The maximum absolute atomic E-state index is 10.8. The number of carboxylic acids is 1. The molecule has 158 valence electrons. The van der Waals surface area contributed by atoms with Gasteiger partial charge in [-0.05, 0) is 36.1 Å². The number of hydrogen-bond donors (Lipinski definition) is 2. The average molecular weight is 426 g/mol. The maximum Gasteiger partial charge on any atom is 0.303 e. The molecule has 0 radical (unpaired) electrons. The molecule has 0 amide bonds. The molecule has 0 fully saturated rings. The highest BCUT2D eigenvalue weighted by Gasteiger charge is 2.22. The van der Waals surface area contributed by atoms with Crippen LogP contribution in [0.3, 0.4) is 0 Å². The number of nitrogens with zero attached hydrogens (tertiary/aromatic N) is 2. The molecule has 0 aliphatic carbocycles. The van der Waals surface area contributed by atoms with Crippen molar-refractivity contribution >= 4 is 17.7 Å². The Labute approximate surface area is 181 Å². The van der Waals surface area contributed by atoms with Gasteiger partial charge in [0.1, 0.15) is 17.0 Å². The van der Waals surface area contributed by atoms with E-state index >= 15 is 0 Å². The molecule has 0 aliphatic heterocycles. The van der Waals surface area contributed by atoms with Crippen molar-refractivity contribution in [2.24, 2.45) is 0 Å². The van der Waals surface area contributed by atoms with Crippen LogP contribution in [0, 0.1) is 0 Å². The van der Waals surface area contributed by atoms with Crippen molar-refractivity contribution in [3.63, 3.8) is 0 Å². The number of ether oxygens (including phenoxy) is 1. The van der Waals surface area contributed by atoms with Crippen molar-refractivity contribution in [1.82, 2.24) is 15.0 Å². The van der Waals surface area contributed by atoms with E-state index in [1.54, 1.807) is 18.0 Å². The van der Waals surface area contributed by atoms with Gasteiger partial charge in [-0.15, -0.1) is 0 Å². The fourth-order valence-electron chi connectivity index (χ4n) is 3.03. The number of aliphatic carboxylic acids is 1. The van der Waals surface area contributed by atoms with Gasteiger partial charge in [0.15, 0.2) is 0 Å². The molecular formula is C23H27N3O3S. The van der Waals surface area contributed by atoms with Gasteiger partial charge in [0.25, 0.3) is 0 Å². The molecule has 7 heteroatoms. The minimum Gasteiger partial charge on any atom is -0.481 e. The average Bonchev–Trinajstić information content (AvgIpc) is 3.15.